The van der Waals surface area contributed by atoms with Crippen molar-refractivity contribution in [2.45, 2.75) is 105 Å². The number of halogens is 2. The molecule has 4 heteroatoms. The van der Waals surface area contributed by atoms with Gasteiger partial charge < -0.3 is 4.90 Å². The van der Waals surface area contributed by atoms with Gasteiger partial charge in [0.15, 0.2) is 0 Å². The van der Waals surface area contributed by atoms with Gasteiger partial charge in [-0.05, 0) is 25.0 Å². The molecule has 2 nitrogen and oxygen atoms in total. The molecule has 1 aromatic heterocycles. The molecule has 0 aliphatic carbocycles. The van der Waals surface area contributed by atoms with E-state index in [4.69, 9.17) is 0 Å². The van der Waals surface area contributed by atoms with E-state index in [1.54, 1.807) is 0 Å². The lowest BCUT2D eigenvalue weighted by atomic mass is 10.1. The number of anilines is 1. The fourth-order valence-corrected chi connectivity index (χ4v) is 2.88. The molecule has 0 N–H and O–H groups in total. The zero-order valence-corrected chi connectivity index (χ0v) is 21.8. The molecule has 162 valence electrons. The molecule has 1 heterocycles. The summed E-state index contributed by atoms with van der Waals surface area (Å²) in [5, 5.41) is 0. The zero-order valence-electron chi connectivity index (χ0n) is 18.4. The minimum atomic E-state index is 0. The first-order valence-electron chi connectivity index (χ1n) is 10.9. The molecule has 0 bridgehead atoms. The van der Waals surface area contributed by atoms with Gasteiger partial charge >= 0.3 is 0 Å². The van der Waals surface area contributed by atoms with E-state index in [1.807, 2.05) is 12.4 Å². The number of hydrogen-bond acceptors (Lipinski definition) is 2. The number of hydrogen-bond donors (Lipinski definition) is 0. The Labute approximate surface area is 191 Å². The predicted molar refractivity (Wildman–Crippen MR) is 135 cm³/mol. The fourth-order valence-electron chi connectivity index (χ4n) is 2.88. The summed E-state index contributed by atoms with van der Waals surface area (Å²) < 4.78 is 0. The van der Waals surface area contributed by atoms with Crippen molar-refractivity contribution in [3.63, 3.8) is 0 Å². The van der Waals surface area contributed by atoms with Gasteiger partial charge in [0.2, 0.25) is 0 Å². The van der Waals surface area contributed by atoms with E-state index in [1.165, 1.54) is 95.8 Å². The van der Waals surface area contributed by atoms with Crippen LogP contribution in [0.4, 0.5) is 5.69 Å². The first-order valence-corrected chi connectivity index (χ1v) is 10.9. The molecule has 1 aromatic rings. The Bertz CT molecular complexity index is 345. The lowest BCUT2D eigenvalue weighted by Gasteiger charge is -2.24. The summed E-state index contributed by atoms with van der Waals surface area (Å²) >= 11 is 0. The molecule has 0 fully saturated rings. The van der Waals surface area contributed by atoms with Crippen LogP contribution in [0.25, 0.3) is 0 Å². The van der Waals surface area contributed by atoms with Crippen molar-refractivity contribution in [2.75, 3.05) is 18.0 Å². The summed E-state index contributed by atoms with van der Waals surface area (Å²) in [6.45, 7) is 11.4. The Morgan fingerprint density at radius 3 is 1.33 bits per heavy atom. The smallest absolute Gasteiger partial charge is 0.0397 e. The van der Waals surface area contributed by atoms with E-state index in [-0.39, 0.29) is 34.0 Å². The minimum absolute atomic E-state index is 0. The van der Waals surface area contributed by atoms with E-state index in [2.05, 4.69) is 49.7 Å². The van der Waals surface area contributed by atoms with E-state index < -0.39 is 0 Å². The average Bonchev–Trinajstić information content (AvgIpc) is 2.66. The van der Waals surface area contributed by atoms with Crippen LogP contribution < -0.4 is 4.90 Å². The van der Waals surface area contributed by atoms with Gasteiger partial charge in [-0.25, -0.2) is 0 Å². The molecule has 0 saturated heterocycles. The van der Waals surface area contributed by atoms with Crippen LogP contribution in [0.1, 0.15) is 105 Å². The Morgan fingerprint density at radius 1 is 0.593 bits per heavy atom. The van der Waals surface area contributed by atoms with Gasteiger partial charge in [-0.2, -0.15) is 0 Å². The van der Waals surface area contributed by atoms with E-state index in [0.29, 0.717) is 0 Å². The second-order valence-corrected chi connectivity index (χ2v) is 7.02. The summed E-state index contributed by atoms with van der Waals surface area (Å²) in [5.41, 5.74) is 1.34. The van der Waals surface area contributed by atoms with Crippen molar-refractivity contribution in [3.8, 4) is 0 Å². The topological polar surface area (TPSA) is 16.1 Å². The summed E-state index contributed by atoms with van der Waals surface area (Å²) in [7, 11) is 0. The highest BCUT2D eigenvalue weighted by atomic mass is 79.9. The van der Waals surface area contributed by atoms with E-state index >= 15 is 0 Å². The molecule has 0 aliphatic heterocycles. The van der Waals surface area contributed by atoms with Crippen LogP contribution in [-0.4, -0.2) is 18.1 Å². The van der Waals surface area contributed by atoms with Gasteiger partial charge in [0.25, 0.3) is 0 Å². The Kier molecular flexibility index (Phi) is 30.3. The quantitative estimate of drug-likeness (QED) is 0.233. The van der Waals surface area contributed by atoms with Gasteiger partial charge in [0.05, 0.1) is 0 Å². The molecule has 0 atom stereocenters. The lowest BCUT2D eigenvalue weighted by molar-refractivity contribution is 0.609. The third-order valence-corrected chi connectivity index (χ3v) is 4.55. The SMILES string of the molecule is Br.Br.CCCCCC.CCCCCCN(CCCCCC)c1ccncc1. The minimum Gasteiger partial charge on any atom is -0.371 e. The van der Waals surface area contributed by atoms with Crippen LogP contribution in [-0.2, 0) is 0 Å². The number of pyridine rings is 1. The van der Waals surface area contributed by atoms with Gasteiger partial charge in [-0.15, -0.1) is 34.0 Å². The third-order valence-electron chi connectivity index (χ3n) is 4.55. The molecule has 0 radical (unpaired) electrons. The molecule has 0 aromatic carbocycles. The maximum Gasteiger partial charge on any atom is 0.0397 e. The summed E-state index contributed by atoms with van der Waals surface area (Å²) in [6.07, 6.45) is 20.0. The second-order valence-electron chi connectivity index (χ2n) is 7.02. The maximum absolute atomic E-state index is 4.12. The highest BCUT2D eigenvalue weighted by Gasteiger charge is 2.05. The molecule has 0 saturated carbocycles. The maximum atomic E-state index is 4.12. The second kappa shape index (κ2) is 25.9. The molecular formula is C23H46Br2N2. The van der Waals surface area contributed by atoms with Crippen molar-refractivity contribution < 1.29 is 0 Å². The standard InChI is InChI=1S/C17H30N2.C6H14.2BrH/c1-3-5-7-9-15-19(16-10-8-6-4-2)17-11-13-18-14-12-17;1-3-5-6-4-2;;/h11-14H,3-10,15-16H2,1-2H3;3-6H2,1-2H3;2*1H. The molecule has 0 spiro atoms. The number of rotatable bonds is 14. The van der Waals surface area contributed by atoms with Crippen molar-refractivity contribution in [1.82, 2.24) is 4.98 Å². The van der Waals surface area contributed by atoms with Crippen molar-refractivity contribution in [2.24, 2.45) is 0 Å². The highest BCUT2D eigenvalue weighted by Crippen LogP contribution is 2.15. The normalized spacial score (nSPS) is 9.48. The monoisotopic (exact) mass is 508 g/mol. The summed E-state index contributed by atoms with van der Waals surface area (Å²) in [6, 6.07) is 4.28. The Morgan fingerprint density at radius 2 is 0.963 bits per heavy atom. The first kappa shape index (κ1) is 31.6. The number of nitrogens with zero attached hydrogens (tertiary/aromatic N) is 2. The Hall–Kier alpha value is -0.0900. The van der Waals surface area contributed by atoms with Crippen molar-refractivity contribution in [3.05, 3.63) is 24.5 Å². The van der Waals surface area contributed by atoms with Gasteiger partial charge in [-0.1, -0.05) is 91.9 Å². The van der Waals surface area contributed by atoms with Crippen LogP contribution in [0.2, 0.25) is 0 Å². The van der Waals surface area contributed by atoms with Crippen molar-refractivity contribution >= 4 is 39.7 Å². The molecule has 27 heavy (non-hydrogen) atoms. The average molecular weight is 510 g/mol. The van der Waals surface area contributed by atoms with E-state index in [9.17, 15) is 0 Å². The van der Waals surface area contributed by atoms with Gasteiger partial charge in [-0.3, -0.25) is 4.98 Å². The predicted octanol–water partition coefficient (Wildman–Crippen LogP) is 8.79. The largest absolute Gasteiger partial charge is 0.371 e. The summed E-state index contributed by atoms with van der Waals surface area (Å²) in [5.74, 6) is 0. The van der Waals surface area contributed by atoms with Crippen LogP contribution >= 0.6 is 34.0 Å². The first-order chi connectivity index (χ1) is 12.3. The number of unbranched alkanes of at least 4 members (excludes halogenated alkanes) is 9. The Balaban J connectivity index is -0.000000627. The fraction of sp³-hybridized carbons (Fsp3) is 0.783. The molecule has 0 amide bonds. The molecule has 0 aliphatic rings. The van der Waals surface area contributed by atoms with Crippen LogP contribution in [0.15, 0.2) is 24.5 Å². The molecule has 0 unspecified atom stereocenters. The highest BCUT2D eigenvalue weighted by molar-refractivity contribution is 8.93. The van der Waals surface area contributed by atoms with Gasteiger partial charge in [0, 0.05) is 31.2 Å². The van der Waals surface area contributed by atoms with Crippen LogP contribution in [0.3, 0.4) is 0 Å². The van der Waals surface area contributed by atoms with Gasteiger partial charge in [0.1, 0.15) is 0 Å². The van der Waals surface area contributed by atoms with Crippen molar-refractivity contribution in [1.29, 1.82) is 0 Å². The molecular weight excluding hydrogens is 464 g/mol. The number of aromatic nitrogens is 1. The van der Waals surface area contributed by atoms with Crippen LogP contribution in [0.5, 0.6) is 0 Å². The van der Waals surface area contributed by atoms with E-state index in [0.717, 1.165) is 0 Å². The zero-order chi connectivity index (χ0) is 18.6. The third kappa shape index (κ3) is 20.5. The molecule has 1 rings (SSSR count). The summed E-state index contributed by atoms with van der Waals surface area (Å²) in [4.78, 5) is 6.66. The lowest BCUT2D eigenvalue weighted by Crippen LogP contribution is -2.25. The van der Waals surface area contributed by atoms with Crippen LogP contribution in [0, 0.1) is 0 Å².